The molecule has 0 atom stereocenters. The van der Waals surface area contributed by atoms with Crippen LogP contribution in [0.1, 0.15) is 30.0 Å². The van der Waals surface area contributed by atoms with E-state index >= 15 is 0 Å². The third kappa shape index (κ3) is 8.76. The van der Waals surface area contributed by atoms with Crippen molar-refractivity contribution in [2.24, 2.45) is 0 Å². The Kier molecular flexibility index (Phi) is 11.3. The Morgan fingerprint density at radius 1 is 0.932 bits per heavy atom. The maximum Gasteiger partial charge on any atom is 0.416 e. The average molecular weight is 611 g/mol. The summed E-state index contributed by atoms with van der Waals surface area (Å²) in [6, 6.07) is 19.2. The Morgan fingerprint density at radius 3 is 2.39 bits per heavy atom. The molecule has 0 aliphatic heterocycles. The number of amides is 3. The van der Waals surface area contributed by atoms with Crippen LogP contribution in [-0.2, 0) is 28.7 Å². The van der Waals surface area contributed by atoms with Crippen LogP contribution in [0.4, 0.5) is 23.7 Å². The van der Waals surface area contributed by atoms with Crippen molar-refractivity contribution in [2.75, 3.05) is 45.3 Å². The monoisotopic (exact) mass is 610 g/mol. The molecule has 3 aromatic carbocycles. The highest BCUT2D eigenvalue weighted by Crippen LogP contribution is 2.29. The van der Waals surface area contributed by atoms with Crippen molar-refractivity contribution in [3.63, 3.8) is 0 Å². The third-order valence-electron chi connectivity index (χ3n) is 7.15. The molecule has 234 valence electrons. The fraction of sp³-hybridized carbons (Fsp3) is 0.333. The number of nitrogens with one attached hydrogen (secondary N) is 2. The molecule has 0 radical (unpaired) electrons. The molecule has 1 heterocycles. The normalized spacial score (nSPS) is 11.4. The van der Waals surface area contributed by atoms with Crippen LogP contribution in [0.2, 0.25) is 0 Å². The molecule has 3 amide bonds. The summed E-state index contributed by atoms with van der Waals surface area (Å²) in [7, 11) is 1.56. The van der Waals surface area contributed by atoms with Gasteiger partial charge in [0, 0.05) is 50.5 Å². The number of hydrogen-bond acceptors (Lipinski definition) is 4. The molecule has 11 heteroatoms. The number of methoxy groups -OCH3 is 1. The predicted octanol–water partition coefficient (Wildman–Crippen LogP) is 6.73. The molecule has 0 saturated heterocycles. The number of carbonyl (C=O) groups excluding carboxylic acids is 2. The van der Waals surface area contributed by atoms with Gasteiger partial charge in [-0.15, -0.1) is 0 Å². The van der Waals surface area contributed by atoms with E-state index in [4.69, 9.17) is 9.47 Å². The summed E-state index contributed by atoms with van der Waals surface area (Å²) in [4.78, 5) is 33.5. The Morgan fingerprint density at radius 2 is 1.66 bits per heavy atom. The van der Waals surface area contributed by atoms with Gasteiger partial charge in [-0.1, -0.05) is 42.5 Å². The van der Waals surface area contributed by atoms with Gasteiger partial charge in [0.1, 0.15) is 12.3 Å². The van der Waals surface area contributed by atoms with Crippen LogP contribution in [-0.4, -0.2) is 66.7 Å². The van der Waals surface area contributed by atoms with E-state index in [1.54, 1.807) is 36.3 Å². The van der Waals surface area contributed by atoms with Crippen LogP contribution in [0.25, 0.3) is 10.9 Å². The number of fused-ring (bicyclic) bond motifs is 1. The minimum atomic E-state index is -4.46. The number of H-pyrrole nitrogens is 1. The summed E-state index contributed by atoms with van der Waals surface area (Å²) in [5.74, 6) is 0.171. The maximum atomic E-state index is 13.8. The number of anilines is 1. The first-order valence-electron chi connectivity index (χ1n) is 14.4. The summed E-state index contributed by atoms with van der Waals surface area (Å²) < 4.78 is 50.3. The first-order valence-corrected chi connectivity index (χ1v) is 14.4. The molecule has 4 rings (SSSR count). The largest absolute Gasteiger partial charge is 0.492 e. The Labute approximate surface area is 254 Å². The van der Waals surface area contributed by atoms with Crippen LogP contribution in [0.5, 0.6) is 5.75 Å². The van der Waals surface area contributed by atoms with Gasteiger partial charge in [-0.05, 0) is 61.2 Å². The Hall–Kier alpha value is -4.51. The van der Waals surface area contributed by atoms with Crippen molar-refractivity contribution in [3.8, 4) is 5.75 Å². The van der Waals surface area contributed by atoms with Crippen LogP contribution in [0, 0.1) is 0 Å². The van der Waals surface area contributed by atoms with Crippen LogP contribution >= 0.6 is 0 Å². The molecule has 1 aromatic heterocycles. The van der Waals surface area contributed by atoms with Gasteiger partial charge in [0.25, 0.3) is 0 Å². The fourth-order valence-electron chi connectivity index (χ4n) is 4.87. The molecule has 0 aliphatic carbocycles. The lowest BCUT2D eigenvalue weighted by Gasteiger charge is -2.28. The SMILES string of the molecule is CCOc1ccccc1NC(=O)N(CCCOC)CC(=O)N(CCc1c[nH]c2ccccc12)Cc1ccc(C(F)(F)F)cc1. The smallest absolute Gasteiger partial charge is 0.416 e. The van der Waals surface area contributed by atoms with Gasteiger partial charge in [-0.3, -0.25) is 4.79 Å². The van der Waals surface area contributed by atoms with E-state index in [9.17, 15) is 22.8 Å². The molecule has 0 unspecified atom stereocenters. The highest BCUT2D eigenvalue weighted by atomic mass is 19.4. The van der Waals surface area contributed by atoms with E-state index in [0.717, 1.165) is 28.6 Å². The fourth-order valence-corrected chi connectivity index (χ4v) is 4.87. The molecule has 8 nitrogen and oxygen atoms in total. The second kappa shape index (κ2) is 15.3. The minimum absolute atomic E-state index is 0.0834. The number of aromatic nitrogens is 1. The molecule has 2 N–H and O–H groups in total. The zero-order chi connectivity index (χ0) is 31.5. The molecule has 0 fully saturated rings. The number of aromatic amines is 1. The van der Waals surface area contributed by atoms with Gasteiger partial charge < -0.3 is 29.6 Å². The standard InChI is InChI=1S/C33H37F3N4O4/c1-3-44-30-12-7-6-11-29(30)38-32(42)40(18-8-20-43-2)23-31(41)39(22-24-13-15-26(16-14-24)33(34,35)36)19-17-25-21-37-28-10-5-4-9-27(25)28/h4-7,9-16,21,37H,3,8,17-20,22-23H2,1-2H3,(H,38,42). The first-order chi connectivity index (χ1) is 21.2. The quantitative estimate of drug-likeness (QED) is 0.155. The van der Waals surface area contributed by atoms with E-state index in [1.807, 2.05) is 37.4 Å². The zero-order valence-corrected chi connectivity index (χ0v) is 24.8. The molecule has 0 spiro atoms. The third-order valence-corrected chi connectivity index (χ3v) is 7.15. The number of urea groups is 1. The summed E-state index contributed by atoms with van der Waals surface area (Å²) >= 11 is 0. The lowest BCUT2D eigenvalue weighted by Crippen LogP contribution is -2.45. The summed E-state index contributed by atoms with van der Waals surface area (Å²) in [6.07, 6.45) is -1.56. The number of rotatable bonds is 14. The van der Waals surface area contributed by atoms with E-state index < -0.39 is 17.8 Å². The van der Waals surface area contributed by atoms with Gasteiger partial charge in [0.15, 0.2) is 0 Å². The number of ether oxygens (including phenoxy) is 2. The predicted molar refractivity (Wildman–Crippen MR) is 164 cm³/mol. The first kappa shape index (κ1) is 32.4. The summed E-state index contributed by atoms with van der Waals surface area (Å²) in [5.41, 5.74) is 2.24. The van der Waals surface area contributed by atoms with E-state index in [-0.39, 0.29) is 25.5 Å². The highest BCUT2D eigenvalue weighted by Gasteiger charge is 2.30. The van der Waals surface area contributed by atoms with E-state index in [0.29, 0.717) is 49.6 Å². The van der Waals surface area contributed by atoms with Gasteiger partial charge in [-0.2, -0.15) is 13.2 Å². The second-order valence-electron chi connectivity index (χ2n) is 10.2. The molecular weight excluding hydrogens is 573 g/mol. The summed E-state index contributed by atoms with van der Waals surface area (Å²) in [5, 5.41) is 3.88. The molecule has 4 aromatic rings. The number of benzene rings is 3. The molecule has 0 saturated carbocycles. The topological polar surface area (TPSA) is 86.9 Å². The number of alkyl halides is 3. The molecule has 0 bridgehead atoms. The summed E-state index contributed by atoms with van der Waals surface area (Å²) in [6.45, 7) is 3.04. The highest BCUT2D eigenvalue weighted by molar-refractivity contribution is 5.93. The second-order valence-corrected chi connectivity index (χ2v) is 10.2. The number of carbonyl (C=O) groups is 2. The van der Waals surface area contributed by atoms with Gasteiger partial charge in [-0.25, -0.2) is 4.79 Å². The number of nitrogens with zero attached hydrogens (tertiary/aromatic N) is 2. The molecular formula is C33H37F3N4O4. The van der Waals surface area contributed by atoms with Gasteiger partial charge in [0.2, 0.25) is 5.91 Å². The maximum absolute atomic E-state index is 13.8. The van der Waals surface area contributed by atoms with Crippen LogP contribution < -0.4 is 10.1 Å². The van der Waals surface area contributed by atoms with Crippen LogP contribution in [0.3, 0.4) is 0 Å². The Bertz CT molecular complexity index is 1520. The molecule has 44 heavy (non-hydrogen) atoms. The van der Waals surface area contributed by atoms with Gasteiger partial charge in [0.05, 0.1) is 17.9 Å². The Balaban J connectivity index is 1.55. The van der Waals surface area contributed by atoms with Crippen molar-refractivity contribution in [1.29, 1.82) is 0 Å². The van der Waals surface area contributed by atoms with Crippen LogP contribution in [0.15, 0.2) is 79.0 Å². The van der Waals surface area contributed by atoms with Crippen molar-refractivity contribution in [2.45, 2.75) is 32.5 Å². The average Bonchev–Trinajstić information content (AvgIpc) is 3.42. The minimum Gasteiger partial charge on any atom is -0.492 e. The van der Waals surface area contributed by atoms with Gasteiger partial charge >= 0.3 is 12.2 Å². The molecule has 0 aliphatic rings. The van der Waals surface area contributed by atoms with Crippen molar-refractivity contribution in [3.05, 3.63) is 95.7 Å². The number of hydrogen-bond donors (Lipinski definition) is 2. The lowest BCUT2D eigenvalue weighted by atomic mass is 10.1. The van der Waals surface area contributed by atoms with Crippen molar-refractivity contribution < 1.29 is 32.2 Å². The zero-order valence-electron chi connectivity index (χ0n) is 24.8. The number of halogens is 3. The van der Waals surface area contributed by atoms with E-state index in [1.165, 1.54) is 17.0 Å². The number of para-hydroxylation sites is 3. The van der Waals surface area contributed by atoms with E-state index in [2.05, 4.69) is 10.3 Å². The van der Waals surface area contributed by atoms with Crippen molar-refractivity contribution in [1.82, 2.24) is 14.8 Å². The lowest BCUT2D eigenvalue weighted by molar-refractivity contribution is -0.137. The van der Waals surface area contributed by atoms with Crippen molar-refractivity contribution >= 4 is 28.5 Å².